The monoisotopic (exact) mass is 277 g/mol. The molecule has 0 unspecified atom stereocenters. The van der Waals surface area contributed by atoms with Crippen molar-refractivity contribution in [1.82, 2.24) is 9.55 Å². The maximum atomic E-state index is 13.9. The van der Waals surface area contributed by atoms with Crippen molar-refractivity contribution in [2.45, 2.75) is 20.3 Å². The maximum Gasteiger partial charge on any atom is 0.360 e. The fraction of sp³-hybridized carbons (Fsp3) is 0.286. The third-order valence-corrected chi connectivity index (χ3v) is 2.86. The van der Waals surface area contributed by atoms with Gasteiger partial charge in [0.2, 0.25) is 0 Å². The molecule has 0 radical (unpaired) electrons. The van der Waals surface area contributed by atoms with Gasteiger partial charge in [0.25, 0.3) is 0 Å². The smallest absolute Gasteiger partial charge is 0.360 e. The number of hydrogen-bond acceptors (Lipinski definition) is 4. The third-order valence-electron chi connectivity index (χ3n) is 2.86. The number of benzene rings is 1. The number of hydrogen-bond donors (Lipinski definition) is 1. The van der Waals surface area contributed by atoms with E-state index in [-0.39, 0.29) is 23.8 Å². The van der Waals surface area contributed by atoms with Gasteiger partial charge < -0.3 is 10.5 Å². The standard InChI is InChI=1S/C14H16FN3O2/c1-3-11-17-12(14(19)20-4-2)13(16)18(11)10-8-6-5-7-9(10)15/h5-8H,3-4,16H2,1-2H3. The van der Waals surface area contributed by atoms with Gasteiger partial charge in [-0.1, -0.05) is 19.1 Å². The van der Waals surface area contributed by atoms with Gasteiger partial charge in [-0.3, -0.25) is 4.57 Å². The molecule has 6 heteroatoms. The van der Waals surface area contributed by atoms with Gasteiger partial charge in [0.1, 0.15) is 17.5 Å². The highest BCUT2D eigenvalue weighted by Gasteiger charge is 2.22. The summed E-state index contributed by atoms with van der Waals surface area (Å²) in [4.78, 5) is 16.0. The topological polar surface area (TPSA) is 70.1 Å². The van der Waals surface area contributed by atoms with Crippen molar-refractivity contribution in [3.63, 3.8) is 0 Å². The van der Waals surface area contributed by atoms with Gasteiger partial charge in [-0.25, -0.2) is 14.2 Å². The van der Waals surface area contributed by atoms with E-state index in [1.54, 1.807) is 25.1 Å². The Kier molecular flexibility index (Phi) is 4.02. The molecule has 0 bridgehead atoms. The van der Waals surface area contributed by atoms with Gasteiger partial charge in [-0.15, -0.1) is 0 Å². The molecular weight excluding hydrogens is 261 g/mol. The molecule has 20 heavy (non-hydrogen) atoms. The van der Waals surface area contributed by atoms with Crippen molar-refractivity contribution in [1.29, 1.82) is 0 Å². The second-order valence-corrected chi connectivity index (χ2v) is 4.12. The Labute approximate surface area is 116 Å². The van der Waals surface area contributed by atoms with Crippen molar-refractivity contribution < 1.29 is 13.9 Å². The molecule has 0 saturated carbocycles. The minimum atomic E-state index is -0.602. The molecule has 1 aromatic carbocycles. The first-order chi connectivity index (χ1) is 9.60. The molecule has 2 N–H and O–H groups in total. The number of nitrogens with two attached hydrogens (primary N) is 1. The van der Waals surface area contributed by atoms with Crippen LogP contribution < -0.4 is 5.73 Å². The molecule has 0 aliphatic carbocycles. The summed E-state index contributed by atoms with van der Waals surface area (Å²) in [6, 6.07) is 6.20. The molecule has 1 heterocycles. The Hall–Kier alpha value is -2.37. The first-order valence-electron chi connectivity index (χ1n) is 6.39. The van der Waals surface area contributed by atoms with Gasteiger partial charge in [0, 0.05) is 6.42 Å². The van der Waals surface area contributed by atoms with Crippen molar-refractivity contribution in [2.75, 3.05) is 12.3 Å². The number of rotatable bonds is 4. The predicted octanol–water partition coefficient (Wildman–Crippen LogP) is 2.33. The van der Waals surface area contributed by atoms with Crippen LogP contribution in [0.3, 0.4) is 0 Å². The van der Waals surface area contributed by atoms with Crippen molar-refractivity contribution in [2.24, 2.45) is 0 Å². The van der Waals surface area contributed by atoms with Crippen LogP contribution in [0.1, 0.15) is 30.2 Å². The average molecular weight is 277 g/mol. The lowest BCUT2D eigenvalue weighted by Crippen LogP contribution is -2.10. The first kappa shape index (κ1) is 14.0. The summed E-state index contributed by atoms with van der Waals surface area (Å²) in [5, 5.41) is 0. The summed E-state index contributed by atoms with van der Waals surface area (Å²) in [7, 11) is 0. The summed E-state index contributed by atoms with van der Waals surface area (Å²) < 4.78 is 20.3. The van der Waals surface area contributed by atoms with Crippen LogP contribution in [0.15, 0.2) is 24.3 Å². The Balaban J connectivity index is 2.59. The molecule has 0 spiro atoms. The lowest BCUT2D eigenvalue weighted by atomic mass is 10.3. The molecule has 0 saturated heterocycles. The number of carbonyl (C=O) groups excluding carboxylic acids is 1. The fourth-order valence-corrected chi connectivity index (χ4v) is 1.97. The zero-order valence-corrected chi connectivity index (χ0v) is 11.4. The molecule has 0 aliphatic rings. The maximum absolute atomic E-state index is 13.9. The van der Waals surface area contributed by atoms with Crippen LogP contribution in [0.4, 0.5) is 10.2 Å². The number of aryl methyl sites for hydroxylation is 1. The predicted molar refractivity (Wildman–Crippen MR) is 73.3 cm³/mol. The average Bonchev–Trinajstić information content (AvgIpc) is 2.77. The quantitative estimate of drug-likeness (QED) is 0.871. The van der Waals surface area contributed by atoms with E-state index in [0.717, 1.165) is 0 Å². The lowest BCUT2D eigenvalue weighted by Gasteiger charge is -2.09. The number of nitrogens with zero attached hydrogens (tertiary/aromatic N) is 2. The SMILES string of the molecule is CCOC(=O)c1nc(CC)n(-c2ccccc2F)c1N. The van der Waals surface area contributed by atoms with E-state index in [9.17, 15) is 9.18 Å². The number of para-hydroxylation sites is 1. The Morgan fingerprint density at radius 1 is 1.40 bits per heavy atom. The summed E-state index contributed by atoms with van der Waals surface area (Å²) in [6.45, 7) is 3.78. The van der Waals surface area contributed by atoms with Crippen molar-refractivity contribution >= 4 is 11.8 Å². The Morgan fingerprint density at radius 2 is 2.10 bits per heavy atom. The minimum absolute atomic E-state index is 0.0203. The molecular formula is C14H16FN3O2. The number of aromatic nitrogens is 2. The number of anilines is 1. The first-order valence-corrected chi connectivity index (χ1v) is 6.39. The van der Waals surface area contributed by atoms with Crippen molar-refractivity contribution in [3.05, 3.63) is 41.6 Å². The minimum Gasteiger partial charge on any atom is -0.461 e. The van der Waals surface area contributed by atoms with Gasteiger partial charge in [-0.2, -0.15) is 0 Å². The number of ether oxygens (including phenoxy) is 1. The van der Waals surface area contributed by atoms with E-state index < -0.39 is 11.8 Å². The zero-order chi connectivity index (χ0) is 14.7. The Morgan fingerprint density at radius 3 is 2.70 bits per heavy atom. The molecule has 0 fully saturated rings. The third kappa shape index (κ3) is 2.36. The van der Waals surface area contributed by atoms with Crippen LogP contribution in [0.2, 0.25) is 0 Å². The molecule has 5 nitrogen and oxygen atoms in total. The van der Waals surface area contributed by atoms with Gasteiger partial charge >= 0.3 is 5.97 Å². The van der Waals surface area contributed by atoms with Gasteiger partial charge in [0.05, 0.1) is 12.3 Å². The van der Waals surface area contributed by atoms with E-state index in [1.165, 1.54) is 10.6 Å². The van der Waals surface area contributed by atoms with Crippen LogP contribution in [0.25, 0.3) is 5.69 Å². The number of carbonyl (C=O) groups is 1. The highest BCUT2D eigenvalue weighted by molar-refractivity contribution is 5.92. The number of imidazole rings is 1. The van der Waals surface area contributed by atoms with E-state index in [0.29, 0.717) is 12.2 Å². The van der Waals surface area contributed by atoms with Crippen LogP contribution in [0.5, 0.6) is 0 Å². The van der Waals surface area contributed by atoms with E-state index >= 15 is 0 Å². The highest BCUT2D eigenvalue weighted by Crippen LogP contribution is 2.23. The molecule has 2 rings (SSSR count). The molecule has 0 aliphatic heterocycles. The lowest BCUT2D eigenvalue weighted by molar-refractivity contribution is 0.0521. The van der Waals surface area contributed by atoms with Crippen LogP contribution in [-0.2, 0) is 11.2 Å². The van der Waals surface area contributed by atoms with E-state index in [2.05, 4.69) is 4.98 Å². The number of esters is 1. The molecule has 0 amide bonds. The highest BCUT2D eigenvalue weighted by atomic mass is 19.1. The zero-order valence-electron chi connectivity index (χ0n) is 11.4. The van der Waals surface area contributed by atoms with Crippen molar-refractivity contribution in [3.8, 4) is 5.69 Å². The number of halogens is 1. The van der Waals surface area contributed by atoms with Crippen LogP contribution in [-0.4, -0.2) is 22.1 Å². The molecule has 106 valence electrons. The van der Waals surface area contributed by atoms with Crippen LogP contribution in [0, 0.1) is 5.82 Å². The summed E-state index contributed by atoms with van der Waals surface area (Å²) >= 11 is 0. The summed E-state index contributed by atoms with van der Waals surface area (Å²) in [6.07, 6.45) is 0.512. The van der Waals surface area contributed by atoms with Gasteiger partial charge in [-0.05, 0) is 19.1 Å². The molecule has 2 aromatic rings. The summed E-state index contributed by atoms with van der Waals surface area (Å²) in [5.74, 6) is -0.433. The molecule has 1 aromatic heterocycles. The summed E-state index contributed by atoms with van der Waals surface area (Å²) in [5.41, 5.74) is 6.23. The normalized spacial score (nSPS) is 10.6. The fourth-order valence-electron chi connectivity index (χ4n) is 1.97. The molecule has 0 atom stereocenters. The van der Waals surface area contributed by atoms with E-state index in [1.807, 2.05) is 6.92 Å². The Bertz CT molecular complexity index is 637. The second-order valence-electron chi connectivity index (χ2n) is 4.12. The number of nitrogen functional groups attached to an aromatic ring is 1. The van der Waals surface area contributed by atoms with Crippen LogP contribution >= 0.6 is 0 Å². The second kappa shape index (κ2) is 5.73. The van der Waals surface area contributed by atoms with Gasteiger partial charge in [0.15, 0.2) is 5.69 Å². The largest absolute Gasteiger partial charge is 0.461 e. The van der Waals surface area contributed by atoms with E-state index in [4.69, 9.17) is 10.5 Å².